The Balaban J connectivity index is 1.43. The summed E-state index contributed by atoms with van der Waals surface area (Å²) in [5, 5.41) is 8.79. The molecule has 3 amide bonds. The van der Waals surface area contributed by atoms with E-state index in [0.29, 0.717) is 44.9 Å². The van der Waals surface area contributed by atoms with Crippen molar-refractivity contribution >= 4 is 70.1 Å². The molecule has 43 heavy (non-hydrogen) atoms. The molecule has 220 valence electrons. The highest BCUT2D eigenvalue weighted by atomic mass is 35.5. The van der Waals surface area contributed by atoms with Crippen LogP contribution in [0.2, 0.25) is 10.0 Å². The number of nitrogens with one attached hydrogen (secondary N) is 3. The van der Waals surface area contributed by atoms with Crippen molar-refractivity contribution in [3.63, 3.8) is 0 Å². The Morgan fingerprint density at radius 1 is 0.884 bits per heavy atom. The number of benzene rings is 4. The minimum absolute atomic E-state index is 0.0719. The van der Waals surface area contributed by atoms with Crippen molar-refractivity contribution in [3.8, 4) is 5.75 Å². The maximum atomic E-state index is 13.3. The normalized spacial score (nSPS) is 11.8. The molecule has 3 N–H and O–H groups in total. The summed E-state index contributed by atoms with van der Waals surface area (Å²) in [6.45, 7) is 4.22. The molecule has 10 heteroatoms. The van der Waals surface area contributed by atoms with Crippen LogP contribution in [0.4, 0.5) is 11.4 Å². The summed E-state index contributed by atoms with van der Waals surface area (Å²) in [6, 6.07) is 27.8. The molecule has 0 fully saturated rings. The fourth-order valence-electron chi connectivity index (χ4n) is 3.83. The average molecular weight is 635 g/mol. The smallest absolute Gasteiger partial charge is 0.272 e. The Kier molecular flexibility index (Phi) is 11.3. The predicted octanol–water partition coefficient (Wildman–Crippen LogP) is 7.92. The van der Waals surface area contributed by atoms with Gasteiger partial charge in [-0.2, -0.15) is 0 Å². The van der Waals surface area contributed by atoms with Crippen LogP contribution in [0.1, 0.15) is 29.8 Å². The molecular weight excluding hydrogens is 605 g/mol. The number of ether oxygens (including phenoxy) is 1. The van der Waals surface area contributed by atoms with Crippen molar-refractivity contribution in [1.82, 2.24) is 5.32 Å². The summed E-state index contributed by atoms with van der Waals surface area (Å²) in [5.41, 5.74) is 2.20. The topological polar surface area (TPSA) is 96.5 Å². The second-order valence-electron chi connectivity index (χ2n) is 9.23. The van der Waals surface area contributed by atoms with E-state index in [2.05, 4.69) is 16.0 Å². The lowest BCUT2D eigenvalue weighted by Crippen LogP contribution is -2.30. The largest absolute Gasteiger partial charge is 0.494 e. The molecule has 0 bridgehead atoms. The standard InChI is InChI=1S/C33H29Cl2N3O4S/c1-3-42-26-14-9-22(10-15-26)19-30(38-32(40)23-7-5-4-6-8-23)33(41)36-25-12-16-27(17-13-25)43-21(2)31(39)37-29-18-11-24(34)20-28(29)35/h4-21H,3H2,1-2H3,(H,36,41)(H,37,39)(H,38,40)/b30-19-. The monoisotopic (exact) mass is 633 g/mol. The van der Waals surface area contributed by atoms with Crippen LogP contribution in [-0.2, 0) is 9.59 Å². The number of rotatable bonds is 11. The summed E-state index contributed by atoms with van der Waals surface area (Å²) in [7, 11) is 0. The van der Waals surface area contributed by atoms with Crippen LogP contribution in [0.5, 0.6) is 5.75 Å². The zero-order valence-corrected chi connectivity index (χ0v) is 25.7. The van der Waals surface area contributed by atoms with Gasteiger partial charge in [0.05, 0.1) is 22.6 Å². The minimum atomic E-state index is -0.494. The summed E-state index contributed by atoms with van der Waals surface area (Å²) in [6.07, 6.45) is 1.60. The molecule has 0 saturated carbocycles. The Labute approximate surface area is 264 Å². The van der Waals surface area contributed by atoms with E-state index in [0.717, 1.165) is 4.90 Å². The molecule has 1 atom stereocenters. The van der Waals surface area contributed by atoms with Crippen molar-refractivity contribution in [2.24, 2.45) is 0 Å². The van der Waals surface area contributed by atoms with Crippen molar-refractivity contribution in [1.29, 1.82) is 0 Å². The van der Waals surface area contributed by atoms with Gasteiger partial charge in [0.2, 0.25) is 5.91 Å². The van der Waals surface area contributed by atoms with E-state index in [1.807, 2.05) is 13.0 Å². The number of hydrogen-bond donors (Lipinski definition) is 3. The number of halogens is 2. The van der Waals surface area contributed by atoms with Gasteiger partial charge in [-0.3, -0.25) is 14.4 Å². The van der Waals surface area contributed by atoms with Gasteiger partial charge in [-0.05, 0) is 92.2 Å². The fraction of sp³-hybridized carbons (Fsp3) is 0.121. The van der Waals surface area contributed by atoms with Gasteiger partial charge in [-0.25, -0.2) is 0 Å². The van der Waals surface area contributed by atoms with Crippen molar-refractivity contribution in [3.05, 3.63) is 124 Å². The summed E-state index contributed by atoms with van der Waals surface area (Å²) in [5.74, 6) is -0.416. The molecule has 4 aromatic rings. The number of amides is 3. The highest BCUT2D eigenvalue weighted by Crippen LogP contribution is 2.29. The van der Waals surface area contributed by atoms with E-state index < -0.39 is 17.1 Å². The average Bonchev–Trinajstić information content (AvgIpc) is 3.00. The van der Waals surface area contributed by atoms with Crippen LogP contribution < -0.4 is 20.7 Å². The fourth-order valence-corrected chi connectivity index (χ4v) is 5.16. The quantitative estimate of drug-likeness (QED) is 0.115. The van der Waals surface area contributed by atoms with Gasteiger partial charge in [-0.15, -0.1) is 11.8 Å². The number of thioether (sulfide) groups is 1. The first-order valence-corrected chi connectivity index (χ1v) is 15.0. The molecule has 0 saturated heterocycles. The molecule has 0 spiro atoms. The van der Waals surface area contributed by atoms with Gasteiger partial charge < -0.3 is 20.7 Å². The summed E-state index contributed by atoms with van der Waals surface area (Å²) >= 11 is 13.5. The van der Waals surface area contributed by atoms with Crippen molar-refractivity contribution in [2.45, 2.75) is 24.0 Å². The number of carbonyl (C=O) groups is 3. The predicted molar refractivity (Wildman–Crippen MR) is 175 cm³/mol. The van der Waals surface area contributed by atoms with Gasteiger partial charge >= 0.3 is 0 Å². The first-order valence-electron chi connectivity index (χ1n) is 13.4. The molecule has 0 aromatic heterocycles. The Hall–Kier alpha value is -4.24. The maximum Gasteiger partial charge on any atom is 0.272 e. The van der Waals surface area contributed by atoms with Gasteiger partial charge in [0.1, 0.15) is 11.4 Å². The molecule has 0 aliphatic heterocycles. The van der Waals surface area contributed by atoms with Crippen LogP contribution in [0.15, 0.2) is 108 Å². The lowest BCUT2D eigenvalue weighted by Gasteiger charge is -2.14. The minimum Gasteiger partial charge on any atom is -0.494 e. The molecule has 1 unspecified atom stereocenters. The third-order valence-electron chi connectivity index (χ3n) is 6.01. The molecule has 4 rings (SSSR count). The van der Waals surface area contributed by atoms with E-state index in [-0.39, 0.29) is 11.6 Å². The van der Waals surface area contributed by atoms with Crippen LogP contribution in [-0.4, -0.2) is 29.6 Å². The highest BCUT2D eigenvalue weighted by Gasteiger charge is 2.18. The molecule has 0 aliphatic rings. The van der Waals surface area contributed by atoms with Gasteiger partial charge in [0, 0.05) is 21.2 Å². The molecule has 0 heterocycles. The third kappa shape index (κ3) is 9.38. The first kappa shape index (κ1) is 31.7. The maximum absolute atomic E-state index is 13.3. The van der Waals surface area contributed by atoms with Crippen LogP contribution in [0, 0.1) is 0 Å². The molecule has 0 radical (unpaired) electrons. The Morgan fingerprint density at radius 2 is 1.58 bits per heavy atom. The van der Waals surface area contributed by atoms with Gasteiger partial charge in [0.25, 0.3) is 11.8 Å². The molecular formula is C33H29Cl2N3O4S. The second-order valence-corrected chi connectivity index (χ2v) is 11.5. The zero-order valence-electron chi connectivity index (χ0n) is 23.4. The van der Waals surface area contributed by atoms with Crippen LogP contribution in [0.25, 0.3) is 6.08 Å². The van der Waals surface area contributed by atoms with E-state index in [1.54, 1.807) is 104 Å². The second kappa shape index (κ2) is 15.3. The number of hydrogen-bond acceptors (Lipinski definition) is 5. The van der Waals surface area contributed by atoms with Gasteiger partial charge in [-0.1, -0.05) is 53.5 Å². The molecule has 4 aromatic carbocycles. The third-order valence-corrected chi connectivity index (χ3v) is 7.67. The lowest BCUT2D eigenvalue weighted by molar-refractivity contribution is -0.115. The number of anilines is 2. The lowest BCUT2D eigenvalue weighted by atomic mass is 10.1. The van der Waals surface area contributed by atoms with E-state index in [4.69, 9.17) is 27.9 Å². The first-order chi connectivity index (χ1) is 20.7. The molecule has 7 nitrogen and oxygen atoms in total. The SMILES string of the molecule is CCOc1ccc(/C=C(\NC(=O)c2ccccc2)C(=O)Nc2ccc(SC(C)C(=O)Nc3ccc(Cl)cc3Cl)cc2)cc1. The van der Waals surface area contributed by atoms with Crippen molar-refractivity contribution in [2.75, 3.05) is 17.2 Å². The summed E-state index contributed by atoms with van der Waals surface area (Å²) in [4.78, 5) is 39.8. The van der Waals surface area contributed by atoms with Crippen LogP contribution >= 0.6 is 35.0 Å². The Bertz CT molecular complexity index is 1610. The molecule has 0 aliphatic carbocycles. The number of carbonyl (C=O) groups excluding carboxylic acids is 3. The zero-order chi connectivity index (χ0) is 30.8. The highest BCUT2D eigenvalue weighted by molar-refractivity contribution is 8.00. The van der Waals surface area contributed by atoms with E-state index >= 15 is 0 Å². The van der Waals surface area contributed by atoms with E-state index in [1.165, 1.54) is 11.8 Å². The van der Waals surface area contributed by atoms with E-state index in [9.17, 15) is 14.4 Å². The van der Waals surface area contributed by atoms with Crippen molar-refractivity contribution < 1.29 is 19.1 Å². The van der Waals surface area contributed by atoms with Gasteiger partial charge in [0.15, 0.2) is 0 Å². The summed E-state index contributed by atoms with van der Waals surface area (Å²) < 4.78 is 5.49. The Morgan fingerprint density at radius 3 is 2.23 bits per heavy atom. The van der Waals surface area contributed by atoms with Crippen LogP contribution in [0.3, 0.4) is 0 Å².